The Morgan fingerprint density at radius 1 is 1.41 bits per heavy atom. The van der Waals surface area contributed by atoms with Crippen molar-refractivity contribution >= 4 is 11.6 Å². The number of aliphatic hydroxyl groups is 1. The Labute approximate surface area is 102 Å². The lowest BCUT2D eigenvalue weighted by molar-refractivity contribution is -0.124. The van der Waals surface area contributed by atoms with Crippen LogP contribution in [0.2, 0.25) is 0 Å². The maximum atomic E-state index is 11.9. The number of amides is 1. The van der Waals surface area contributed by atoms with Crippen LogP contribution in [-0.2, 0) is 4.79 Å². The first-order valence-corrected chi connectivity index (χ1v) is 6.11. The first-order chi connectivity index (χ1) is 8.02. The molecule has 0 saturated carbocycles. The lowest BCUT2D eigenvalue weighted by Gasteiger charge is -2.24. The number of hydrogen-bond donors (Lipinski definition) is 1. The van der Waals surface area contributed by atoms with Crippen molar-refractivity contribution in [2.24, 2.45) is 0 Å². The molecule has 1 heterocycles. The van der Waals surface area contributed by atoms with Gasteiger partial charge in [0.1, 0.15) is 6.10 Å². The third-order valence-electron chi connectivity index (χ3n) is 3.34. The van der Waals surface area contributed by atoms with Crippen molar-refractivity contribution in [3.63, 3.8) is 0 Å². The number of aliphatic hydroxyl groups excluding tert-OH is 1. The molecule has 17 heavy (non-hydrogen) atoms. The Morgan fingerprint density at radius 3 is 2.65 bits per heavy atom. The van der Waals surface area contributed by atoms with E-state index in [1.165, 1.54) is 5.56 Å². The Kier molecular flexibility index (Phi) is 3.20. The van der Waals surface area contributed by atoms with Crippen LogP contribution in [0.4, 0.5) is 5.69 Å². The highest BCUT2D eigenvalue weighted by molar-refractivity contribution is 6.00. The second kappa shape index (κ2) is 4.49. The van der Waals surface area contributed by atoms with Crippen LogP contribution in [-0.4, -0.2) is 23.7 Å². The highest BCUT2D eigenvalue weighted by Crippen LogP contribution is 2.33. The van der Waals surface area contributed by atoms with Gasteiger partial charge in [0.15, 0.2) is 0 Å². The Hall–Kier alpha value is -1.35. The molecule has 1 fully saturated rings. The summed E-state index contributed by atoms with van der Waals surface area (Å²) >= 11 is 0. The van der Waals surface area contributed by atoms with Gasteiger partial charge < -0.3 is 10.0 Å². The number of benzene rings is 1. The van der Waals surface area contributed by atoms with Crippen molar-refractivity contribution in [2.75, 3.05) is 11.4 Å². The van der Waals surface area contributed by atoms with Crippen molar-refractivity contribution in [1.29, 1.82) is 0 Å². The van der Waals surface area contributed by atoms with Crippen LogP contribution < -0.4 is 4.90 Å². The van der Waals surface area contributed by atoms with Crippen LogP contribution in [0.25, 0.3) is 0 Å². The minimum absolute atomic E-state index is 0.166. The summed E-state index contributed by atoms with van der Waals surface area (Å²) in [6, 6.07) is 6.09. The number of nitrogens with zero attached hydrogens (tertiary/aromatic N) is 1. The number of carbonyl (C=O) groups excluding carboxylic acids is 1. The van der Waals surface area contributed by atoms with Gasteiger partial charge in [-0.2, -0.15) is 0 Å². The van der Waals surface area contributed by atoms with Crippen molar-refractivity contribution in [3.05, 3.63) is 29.3 Å². The van der Waals surface area contributed by atoms with E-state index in [1.807, 2.05) is 19.1 Å². The molecule has 3 nitrogen and oxygen atoms in total. The molecule has 0 radical (unpaired) electrons. The minimum Gasteiger partial charge on any atom is -0.383 e. The van der Waals surface area contributed by atoms with Crippen molar-refractivity contribution in [2.45, 2.75) is 39.2 Å². The van der Waals surface area contributed by atoms with E-state index in [-0.39, 0.29) is 5.91 Å². The maximum Gasteiger partial charge on any atom is 0.255 e. The molecule has 1 N–H and O–H groups in total. The van der Waals surface area contributed by atoms with Crippen LogP contribution in [0, 0.1) is 6.92 Å². The van der Waals surface area contributed by atoms with Crippen molar-refractivity contribution in [1.82, 2.24) is 0 Å². The molecule has 1 aliphatic heterocycles. The average molecular weight is 233 g/mol. The van der Waals surface area contributed by atoms with Gasteiger partial charge in [0.25, 0.3) is 5.91 Å². The minimum atomic E-state index is -0.824. The second-order valence-electron chi connectivity index (χ2n) is 4.96. The summed E-state index contributed by atoms with van der Waals surface area (Å²) in [5.41, 5.74) is 3.26. The van der Waals surface area contributed by atoms with Crippen LogP contribution >= 0.6 is 0 Å². The highest BCUT2D eigenvalue weighted by Gasteiger charge is 2.32. The summed E-state index contributed by atoms with van der Waals surface area (Å²) in [7, 11) is 0. The van der Waals surface area contributed by atoms with Crippen molar-refractivity contribution < 1.29 is 9.90 Å². The van der Waals surface area contributed by atoms with Gasteiger partial charge in [-0.15, -0.1) is 0 Å². The maximum absolute atomic E-state index is 11.9. The van der Waals surface area contributed by atoms with Crippen LogP contribution in [0.5, 0.6) is 0 Å². The van der Waals surface area contributed by atoms with Crippen LogP contribution in [0.3, 0.4) is 0 Å². The molecule has 1 aromatic carbocycles. The zero-order chi connectivity index (χ0) is 12.6. The SMILES string of the molecule is Cc1cccc(C(C)C)c1N1CCC(O)C1=O. The molecule has 0 aromatic heterocycles. The Balaban J connectivity index is 2.47. The van der Waals surface area contributed by atoms with E-state index in [0.29, 0.717) is 18.9 Å². The molecule has 0 spiro atoms. The largest absolute Gasteiger partial charge is 0.383 e. The molecule has 0 aliphatic carbocycles. The van der Waals surface area contributed by atoms with Gasteiger partial charge in [-0.05, 0) is 24.0 Å². The molecular weight excluding hydrogens is 214 g/mol. The lowest BCUT2D eigenvalue weighted by Crippen LogP contribution is -2.30. The monoisotopic (exact) mass is 233 g/mol. The van der Waals surface area contributed by atoms with Gasteiger partial charge in [0, 0.05) is 13.0 Å². The predicted octanol–water partition coefficient (Wildman–Crippen LogP) is 2.22. The average Bonchev–Trinajstić information content (AvgIpc) is 2.60. The summed E-state index contributed by atoms with van der Waals surface area (Å²) in [5, 5.41) is 9.56. The van der Waals surface area contributed by atoms with Crippen LogP contribution in [0.1, 0.15) is 37.3 Å². The molecule has 3 heteroatoms. The summed E-state index contributed by atoms with van der Waals surface area (Å²) in [6.07, 6.45) is -0.292. The van der Waals surface area contributed by atoms with Gasteiger partial charge >= 0.3 is 0 Å². The van der Waals surface area contributed by atoms with Gasteiger partial charge in [-0.1, -0.05) is 32.0 Å². The number of anilines is 1. The van der Waals surface area contributed by atoms with E-state index in [4.69, 9.17) is 0 Å². The molecule has 2 rings (SSSR count). The molecule has 1 aliphatic rings. The molecule has 1 aromatic rings. The zero-order valence-electron chi connectivity index (χ0n) is 10.6. The fourth-order valence-electron chi connectivity index (χ4n) is 2.40. The Bertz CT molecular complexity index is 440. The van der Waals surface area contributed by atoms with E-state index in [9.17, 15) is 9.90 Å². The normalized spacial score (nSPS) is 20.4. The van der Waals surface area contributed by atoms with E-state index < -0.39 is 6.10 Å². The molecule has 1 saturated heterocycles. The Morgan fingerprint density at radius 2 is 2.12 bits per heavy atom. The zero-order valence-corrected chi connectivity index (χ0v) is 10.6. The van der Waals surface area contributed by atoms with Gasteiger partial charge in [0.2, 0.25) is 0 Å². The first kappa shape index (κ1) is 12.1. The quantitative estimate of drug-likeness (QED) is 0.850. The van der Waals surface area contributed by atoms with E-state index in [1.54, 1.807) is 4.90 Å². The lowest BCUT2D eigenvalue weighted by atomic mass is 9.97. The van der Waals surface area contributed by atoms with Gasteiger partial charge in [0.05, 0.1) is 5.69 Å². The van der Waals surface area contributed by atoms with Crippen LogP contribution in [0.15, 0.2) is 18.2 Å². The smallest absolute Gasteiger partial charge is 0.255 e. The molecule has 1 unspecified atom stereocenters. The number of rotatable bonds is 2. The number of aryl methyl sites for hydroxylation is 1. The van der Waals surface area contributed by atoms with E-state index in [0.717, 1.165) is 11.3 Å². The molecule has 0 bridgehead atoms. The fourth-order valence-corrected chi connectivity index (χ4v) is 2.40. The fraction of sp³-hybridized carbons (Fsp3) is 0.500. The number of carbonyl (C=O) groups is 1. The van der Waals surface area contributed by atoms with Crippen molar-refractivity contribution in [3.8, 4) is 0 Å². The predicted molar refractivity (Wildman–Crippen MR) is 68.2 cm³/mol. The summed E-state index contributed by atoms with van der Waals surface area (Å²) in [4.78, 5) is 13.6. The molecular formula is C14H19NO2. The van der Waals surface area contributed by atoms with E-state index >= 15 is 0 Å². The standard InChI is InChI=1S/C14H19NO2/c1-9(2)11-6-4-5-10(3)13(11)15-8-7-12(16)14(15)17/h4-6,9,12,16H,7-8H2,1-3H3. The summed E-state index contributed by atoms with van der Waals surface area (Å²) in [6.45, 7) is 6.87. The van der Waals surface area contributed by atoms with Gasteiger partial charge in [-0.3, -0.25) is 4.79 Å². The summed E-state index contributed by atoms with van der Waals surface area (Å²) in [5.74, 6) is 0.205. The number of hydrogen-bond acceptors (Lipinski definition) is 2. The molecule has 1 amide bonds. The first-order valence-electron chi connectivity index (χ1n) is 6.11. The molecule has 92 valence electrons. The van der Waals surface area contributed by atoms with Gasteiger partial charge in [-0.25, -0.2) is 0 Å². The molecule has 1 atom stereocenters. The topological polar surface area (TPSA) is 40.5 Å². The third-order valence-corrected chi connectivity index (χ3v) is 3.34. The number of para-hydroxylation sites is 1. The highest BCUT2D eigenvalue weighted by atomic mass is 16.3. The van der Waals surface area contributed by atoms with E-state index in [2.05, 4.69) is 19.9 Å². The second-order valence-corrected chi connectivity index (χ2v) is 4.96. The third kappa shape index (κ3) is 2.07. The summed E-state index contributed by atoms with van der Waals surface area (Å²) < 4.78 is 0.